The van der Waals surface area contributed by atoms with Crippen molar-refractivity contribution in [3.05, 3.63) is 17.0 Å². The van der Waals surface area contributed by atoms with Crippen LogP contribution in [-0.2, 0) is 22.4 Å². The number of aliphatic carboxylic acids is 1. The predicted molar refractivity (Wildman–Crippen MR) is 82.4 cm³/mol. The van der Waals surface area contributed by atoms with Crippen LogP contribution in [0.25, 0.3) is 0 Å². The maximum atomic E-state index is 12.3. The van der Waals surface area contributed by atoms with Crippen LogP contribution in [-0.4, -0.2) is 40.4 Å². The number of rotatable bonds is 6. The molecule has 1 aliphatic carbocycles. The fourth-order valence-electron chi connectivity index (χ4n) is 2.53. The largest absolute Gasteiger partial charge is 0.480 e. The third kappa shape index (κ3) is 4.79. The number of ether oxygens (including phenoxy) is 1. The molecule has 0 radical (unpaired) electrons. The summed E-state index contributed by atoms with van der Waals surface area (Å²) in [6, 6.07) is -1.01. The zero-order valence-corrected chi connectivity index (χ0v) is 13.8. The molecule has 1 heterocycles. The number of nitrogens with zero attached hydrogens (tertiary/aromatic N) is 1. The molecule has 1 aliphatic rings. The predicted octanol–water partition coefficient (Wildman–Crippen LogP) is 1.94. The molecule has 0 saturated heterocycles. The smallest absolute Gasteiger partial charge is 0.326 e. The highest BCUT2D eigenvalue weighted by atomic mass is 16.5. The zero-order chi connectivity index (χ0) is 17.0. The second-order valence-corrected chi connectivity index (χ2v) is 6.75. The molecule has 1 aromatic heterocycles. The van der Waals surface area contributed by atoms with E-state index in [1.807, 2.05) is 20.8 Å². The molecule has 1 amide bonds. The van der Waals surface area contributed by atoms with Gasteiger partial charge in [-0.25, -0.2) is 4.79 Å². The van der Waals surface area contributed by atoms with Gasteiger partial charge in [0.1, 0.15) is 11.8 Å². The van der Waals surface area contributed by atoms with Crippen molar-refractivity contribution in [1.29, 1.82) is 0 Å². The van der Waals surface area contributed by atoms with Crippen LogP contribution in [0, 0.1) is 0 Å². The van der Waals surface area contributed by atoms with Crippen LogP contribution in [0.5, 0.6) is 0 Å². The number of fused-ring (bicyclic) bond motifs is 1. The number of carbonyl (C=O) groups excluding carboxylic acids is 1. The fraction of sp³-hybridized carbons (Fsp3) is 0.688. The van der Waals surface area contributed by atoms with E-state index in [0.29, 0.717) is 0 Å². The van der Waals surface area contributed by atoms with Gasteiger partial charge in [-0.2, -0.15) is 0 Å². The summed E-state index contributed by atoms with van der Waals surface area (Å²) in [5, 5.41) is 15.6. The Hall–Kier alpha value is -1.89. The zero-order valence-electron chi connectivity index (χ0n) is 13.8. The Labute approximate surface area is 135 Å². The number of aromatic nitrogens is 1. The first kappa shape index (κ1) is 17.5. The highest BCUT2D eigenvalue weighted by molar-refractivity contribution is 5.96. The van der Waals surface area contributed by atoms with Crippen molar-refractivity contribution in [1.82, 2.24) is 10.5 Å². The molecule has 0 fully saturated rings. The molecule has 0 saturated carbocycles. The highest BCUT2D eigenvalue weighted by Gasteiger charge is 2.27. The van der Waals surface area contributed by atoms with Crippen molar-refractivity contribution in [3.63, 3.8) is 0 Å². The molecule has 23 heavy (non-hydrogen) atoms. The Kier molecular flexibility index (Phi) is 5.41. The first-order valence-corrected chi connectivity index (χ1v) is 7.93. The molecule has 7 heteroatoms. The number of hydrogen-bond donors (Lipinski definition) is 2. The van der Waals surface area contributed by atoms with Gasteiger partial charge < -0.3 is 19.7 Å². The number of hydrogen-bond acceptors (Lipinski definition) is 5. The van der Waals surface area contributed by atoms with Crippen molar-refractivity contribution >= 4 is 11.9 Å². The van der Waals surface area contributed by atoms with E-state index in [1.54, 1.807) is 0 Å². The average Bonchev–Trinajstić information content (AvgIpc) is 2.88. The number of carboxylic acid groups (broad SMARTS) is 1. The van der Waals surface area contributed by atoms with Crippen molar-refractivity contribution in [2.75, 3.05) is 6.61 Å². The standard InChI is InChI=1S/C16H24N2O5/c1-16(2,3)22-9-8-11(15(20)21)17-14(19)13-10-6-4-5-7-12(10)23-18-13/h11H,4-9H2,1-3H3,(H,17,19)(H,20,21). The second-order valence-electron chi connectivity index (χ2n) is 6.75. The van der Waals surface area contributed by atoms with E-state index >= 15 is 0 Å². The Bertz CT molecular complexity index is 574. The second kappa shape index (κ2) is 7.12. The number of amides is 1. The van der Waals surface area contributed by atoms with Gasteiger partial charge in [0.2, 0.25) is 0 Å². The van der Waals surface area contributed by atoms with E-state index in [4.69, 9.17) is 9.26 Å². The lowest BCUT2D eigenvalue weighted by Gasteiger charge is -2.21. The topological polar surface area (TPSA) is 102 Å². The Morgan fingerprint density at radius 2 is 2.04 bits per heavy atom. The summed E-state index contributed by atoms with van der Waals surface area (Å²) in [4.78, 5) is 23.6. The molecule has 1 aromatic rings. The van der Waals surface area contributed by atoms with Gasteiger partial charge in [-0.15, -0.1) is 0 Å². The lowest BCUT2D eigenvalue weighted by atomic mass is 9.96. The summed E-state index contributed by atoms with van der Waals surface area (Å²) in [5.41, 5.74) is 0.671. The number of aryl methyl sites for hydroxylation is 1. The summed E-state index contributed by atoms with van der Waals surface area (Å²) in [6.07, 6.45) is 3.71. The van der Waals surface area contributed by atoms with Gasteiger partial charge >= 0.3 is 5.97 Å². The normalized spacial score (nSPS) is 15.8. The minimum Gasteiger partial charge on any atom is -0.480 e. The van der Waals surface area contributed by atoms with E-state index in [2.05, 4.69) is 10.5 Å². The Balaban J connectivity index is 1.98. The lowest BCUT2D eigenvalue weighted by molar-refractivity contribution is -0.140. The summed E-state index contributed by atoms with van der Waals surface area (Å²) < 4.78 is 10.7. The Morgan fingerprint density at radius 1 is 1.35 bits per heavy atom. The Morgan fingerprint density at radius 3 is 2.70 bits per heavy atom. The molecule has 1 unspecified atom stereocenters. The maximum Gasteiger partial charge on any atom is 0.326 e. The average molecular weight is 324 g/mol. The third-order valence-electron chi connectivity index (χ3n) is 3.71. The number of nitrogens with one attached hydrogen (secondary N) is 1. The van der Waals surface area contributed by atoms with Gasteiger partial charge in [-0.1, -0.05) is 5.16 Å². The van der Waals surface area contributed by atoms with E-state index in [9.17, 15) is 14.7 Å². The van der Waals surface area contributed by atoms with Crippen LogP contribution in [0.2, 0.25) is 0 Å². The van der Waals surface area contributed by atoms with Crippen molar-refractivity contribution < 1.29 is 24.0 Å². The summed E-state index contributed by atoms with van der Waals surface area (Å²) >= 11 is 0. The molecule has 0 aliphatic heterocycles. The highest BCUT2D eigenvalue weighted by Crippen LogP contribution is 2.24. The minimum absolute atomic E-state index is 0.193. The van der Waals surface area contributed by atoms with Crippen LogP contribution >= 0.6 is 0 Å². The van der Waals surface area contributed by atoms with E-state index < -0.39 is 17.9 Å². The molecular weight excluding hydrogens is 300 g/mol. The first-order chi connectivity index (χ1) is 10.8. The summed E-state index contributed by atoms with van der Waals surface area (Å²) in [5.74, 6) is -0.849. The summed E-state index contributed by atoms with van der Waals surface area (Å²) in [6.45, 7) is 5.92. The monoisotopic (exact) mass is 324 g/mol. The number of carboxylic acids is 1. The van der Waals surface area contributed by atoms with Gasteiger partial charge in [0.25, 0.3) is 5.91 Å². The van der Waals surface area contributed by atoms with Crippen molar-refractivity contribution in [3.8, 4) is 0 Å². The van der Waals surface area contributed by atoms with Crippen LogP contribution in [0.1, 0.15) is 61.8 Å². The molecule has 128 valence electrons. The minimum atomic E-state index is -1.09. The van der Waals surface area contributed by atoms with Crippen LogP contribution in [0.4, 0.5) is 0 Å². The fourth-order valence-corrected chi connectivity index (χ4v) is 2.53. The van der Waals surface area contributed by atoms with Crippen molar-refractivity contribution in [2.24, 2.45) is 0 Å². The molecule has 2 rings (SSSR count). The molecule has 2 N–H and O–H groups in total. The van der Waals surface area contributed by atoms with E-state index in [1.165, 1.54) is 0 Å². The SMILES string of the molecule is CC(C)(C)OCCC(NC(=O)c1noc2c1CCCC2)C(=O)O. The molecule has 0 aromatic carbocycles. The molecule has 1 atom stereocenters. The van der Waals surface area contributed by atoms with Crippen LogP contribution < -0.4 is 5.32 Å². The van der Waals surface area contributed by atoms with Crippen LogP contribution in [0.3, 0.4) is 0 Å². The molecule has 0 bridgehead atoms. The van der Waals surface area contributed by atoms with Gasteiger partial charge in [0.15, 0.2) is 5.69 Å². The van der Waals surface area contributed by atoms with Gasteiger partial charge in [-0.05, 0) is 40.0 Å². The third-order valence-corrected chi connectivity index (χ3v) is 3.71. The molecular formula is C16H24N2O5. The number of carbonyl (C=O) groups is 2. The first-order valence-electron chi connectivity index (χ1n) is 7.93. The summed E-state index contributed by atoms with van der Waals surface area (Å²) in [7, 11) is 0. The molecule has 0 spiro atoms. The maximum absolute atomic E-state index is 12.3. The van der Waals surface area contributed by atoms with Crippen LogP contribution in [0.15, 0.2) is 4.52 Å². The van der Waals surface area contributed by atoms with E-state index in [-0.39, 0.29) is 24.3 Å². The van der Waals surface area contributed by atoms with Gasteiger partial charge in [0, 0.05) is 25.0 Å². The van der Waals surface area contributed by atoms with E-state index in [0.717, 1.165) is 37.0 Å². The van der Waals surface area contributed by atoms with Gasteiger partial charge in [0.05, 0.1) is 5.60 Å². The molecule has 7 nitrogen and oxygen atoms in total. The quantitative estimate of drug-likeness (QED) is 0.829. The van der Waals surface area contributed by atoms with Crippen molar-refractivity contribution in [2.45, 2.75) is 64.5 Å². The lowest BCUT2D eigenvalue weighted by Crippen LogP contribution is -2.42. The van der Waals surface area contributed by atoms with Gasteiger partial charge in [-0.3, -0.25) is 4.79 Å².